The predicted octanol–water partition coefficient (Wildman–Crippen LogP) is 17.7. The number of rotatable bonds is 49. The Kier molecular flexibility index (Phi) is 49.3. The Morgan fingerprint density at radius 2 is 0.597 bits per heavy atom. The normalized spacial score (nSPS) is 12.2. The van der Waals surface area contributed by atoms with Crippen molar-refractivity contribution in [3.05, 3.63) is 36.5 Å². The zero-order valence-corrected chi connectivity index (χ0v) is 41.4. The Hall–Kier alpha value is -2.37. The molecule has 0 bridgehead atoms. The Bertz CT molecular complexity index is 1050. The van der Waals surface area contributed by atoms with Gasteiger partial charge in [-0.3, -0.25) is 14.4 Å². The first-order valence-electron chi connectivity index (χ1n) is 27.0. The average Bonchev–Trinajstić information content (AvgIpc) is 3.27. The van der Waals surface area contributed by atoms with E-state index < -0.39 is 6.10 Å². The van der Waals surface area contributed by atoms with Crippen LogP contribution in [0.25, 0.3) is 0 Å². The maximum atomic E-state index is 12.8. The standard InChI is InChI=1S/C56H102O6/c1-4-7-10-13-16-19-22-24-26-28-30-31-34-37-40-43-46-49-55(58)61-52-53(51-60-54(57)48-45-42-39-36-33-21-18-15-12-9-6-3)62-56(59)50-47-44-41-38-35-32-29-27-25-23-20-17-14-11-8-5-2/h15,18,21,27,29,33,53H,4-14,16-17,19-20,22-26,28,30-32,34-52H2,1-3H3/b18-15-,29-27-,33-21-. The molecule has 0 heterocycles. The molecule has 6 heteroatoms. The van der Waals surface area contributed by atoms with E-state index in [9.17, 15) is 14.4 Å². The van der Waals surface area contributed by atoms with Gasteiger partial charge in [-0.25, -0.2) is 0 Å². The van der Waals surface area contributed by atoms with E-state index in [2.05, 4.69) is 57.2 Å². The Morgan fingerprint density at radius 3 is 0.968 bits per heavy atom. The molecule has 0 aliphatic carbocycles. The quantitative estimate of drug-likeness (QED) is 0.0199. The Labute approximate surface area is 385 Å². The maximum absolute atomic E-state index is 12.8. The highest BCUT2D eigenvalue weighted by molar-refractivity contribution is 5.71. The molecular weight excluding hydrogens is 769 g/mol. The van der Waals surface area contributed by atoms with Crippen molar-refractivity contribution < 1.29 is 28.6 Å². The van der Waals surface area contributed by atoms with Crippen LogP contribution in [0, 0.1) is 0 Å². The first kappa shape index (κ1) is 59.6. The fraction of sp³-hybridized carbons (Fsp3) is 0.839. The third-order valence-electron chi connectivity index (χ3n) is 11.9. The molecule has 0 fully saturated rings. The van der Waals surface area contributed by atoms with Gasteiger partial charge in [-0.05, 0) is 64.2 Å². The van der Waals surface area contributed by atoms with E-state index in [0.29, 0.717) is 19.3 Å². The first-order chi connectivity index (χ1) is 30.5. The molecular formula is C56H102O6. The van der Waals surface area contributed by atoms with Gasteiger partial charge in [0.05, 0.1) is 0 Å². The summed E-state index contributed by atoms with van der Waals surface area (Å²) < 4.78 is 16.8. The summed E-state index contributed by atoms with van der Waals surface area (Å²) >= 11 is 0. The summed E-state index contributed by atoms with van der Waals surface area (Å²) in [4.78, 5) is 38.0. The summed E-state index contributed by atoms with van der Waals surface area (Å²) in [6, 6.07) is 0. The Morgan fingerprint density at radius 1 is 0.323 bits per heavy atom. The number of carbonyl (C=O) groups excluding carboxylic acids is 3. The van der Waals surface area contributed by atoms with Gasteiger partial charge in [0, 0.05) is 19.3 Å². The minimum absolute atomic E-state index is 0.0808. The van der Waals surface area contributed by atoms with Crippen LogP contribution in [0.2, 0.25) is 0 Å². The van der Waals surface area contributed by atoms with Crippen molar-refractivity contribution in [2.24, 2.45) is 0 Å². The van der Waals surface area contributed by atoms with Crippen molar-refractivity contribution in [3.8, 4) is 0 Å². The SMILES string of the molecule is CCCC/C=C\C=C/CCCCCC(=O)OCC(COC(=O)CCCCCCCCCCCCCCCCCCC)OC(=O)CCCCCCC/C=C\CCCCCCCCC. The number of ether oxygens (including phenoxy) is 3. The van der Waals surface area contributed by atoms with Gasteiger partial charge in [0.15, 0.2) is 6.10 Å². The van der Waals surface area contributed by atoms with Gasteiger partial charge in [0.1, 0.15) is 13.2 Å². The number of carbonyl (C=O) groups is 3. The third-order valence-corrected chi connectivity index (χ3v) is 11.9. The largest absolute Gasteiger partial charge is 0.462 e. The molecule has 0 N–H and O–H groups in total. The van der Waals surface area contributed by atoms with Gasteiger partial charge >= 0.3 is 17.9 Å². The van der Waals surface area contributed by atoms with Crippen molar-refractivity contribution in [1.82, 2.24) is 0 Å². The zero-order chi connectivity index (χ0) is 45.1. The molecule has 362 valence electrons. The summed E-state index contributed by atoms with van der Waals surface area (Å²) in [5.74, 6) is -0.906. The van der Waals surface area contributed by atoms with E-state index in [0.717, 1.165) is 83.5 Å². The van der Waals surface area contributed by atoms with Crippen LogP contribution in [0.1, 0.15) is 284 Å². The molecule has 0 aliphatic rings. The molecule has 1 atom stereocenters. The highest BCUT2D eigenvalue weighted by Crippen LogP contribution is 2.16. The van der Waals surface area contributed by atoms with E-state index in [4.69, 9.17) is 14.2 Å². The molecule has 0 rings (SSSR count). The lowest BCUT2D eigenvalue weighted by atomic mass is 10.0. The summed E-state index contributed by atoms with van der Waals surface area (Å²) in [6.07, 6.45) is 59.9. The van der Waals surface area contributed by atoms with Crippen LogP contribution in [0.5, 0.6) is 0 Å². The van der Waals surface area contributed by atoms with E-state index in [-0.39, 0.29) is 31.1 Å². The zero-order valence-electron chi connectivity index (χ0n) is 41.4. The van der Waals surface area contributed by atoms with Crippen LogP contribution < -0.4 is 0 Å². The third kappa shape index (κ3) is 48.7. The van der Waals surface area contributed by atoms with E-state index in [1.807, 2.05) is 0 Å². The van der Waals surface area contributed by atoms with Crippen molar-refractivity contribution in [2.75, 3.05) is 13.2 Å². The lowest BCUT2D eigenvalue weighted by Crippen LogP contribution is -2.30. The lowest BCUT2D eigenvalue weighted by Gasteiger charge is -2.18. The highest BCUT2D eigenvalue weighted by Gasteiger charge is 2.19. The smallest absolute Gasteiger partial charge is 0.306 e. The first-order valence-corrected chi connectivity index (χ1v) is 27.0. The molecule has 0 spiro atoms. The summed E-state index contributed by atoms with van der Waals surface area (Å²) in [6.45, 7) is 6.58. The van der Waals surface area contributed by atoms with Gasteiger partial charge in [-0.2, -0.15) is 0 Å². The molecule has 0 aliphatic heterocycles. The predicted molar refractivity (Wildman–Crippen MR) is 266 cm³/mol. The highest BCUT2D eigenvalue weighted by atomic mass is 16.6. The molecule has 0 aromatic carbocycles. The van der Waals surface area contributed by atoms with E-state index in [1.54, 1.807) is 0 Å². The van der Waals surface area contributed by atoms with Crippen LogP contribution in [0.4, 0.5) is 0 Å². The topological polar surface area (TPSA) is 78.9 Å². The number of hydrogen-bond donors (Lipinski definition) is 0. The van der Waals surface area contributed by atoms with Crippen LogP contribution in [0.15, 0.2) is 36.5 Å². The van der Waals surface area contributed by atoms with Crippen LogP contribution in [-0.2, 0) is 28.6 Å². The second-order valence-corrected chi connectivity index (χ2v) is 18.2. The number of allylic oxidation sites excluding steroid dienone is 6. The van der Waals surface area contributed by atoms with Crippen molar-refractivity contribution >= 4 is 17.9 Å². The van der Waals surface area contributed by atoms with Crippen LogP contribution >= 0.6 is 0 Å². The summed E-state index contributed by atoms with van der Waals surface area (Å²) in [5, 5.41) is 0. The molecule has 6 nitrogen and oxygen atoms in total. The van der Waals surface area contributed by atoms with Gasteiger partial charge in [-0.1, -0.05) is 237 Å². The molecule has 0 saturated carbocycles. The summed E-state index contributed by atoms with van der Waals surface area (Å²) in [5.41, 5.74) is 0. The van der Waals surface area contributed by atoms with Gasteiger partial charge in [0.25, 0.3) is 0 Å². The Balaban J connectivity index is 4.34. The second-order valence-electron chi connectivity index (χ2n) is 18.2. The fourth-order valence-electron chi connectivity index (χ4n) is 7.77. The van der Waals surface area contributed by atoms with Crippen molar-refractivity contribution in [3.63, 3.8) is 0 Å². The van der Waals surface area contributed by atoms with Crippen molar-refractivity contribution in [1.29, 1.82) is 0 Å². The summed E-state index contributed by atoms with van der Waals surface area (Å²) in [7, 11) is 0. The number of esters is 3. The average molecular weight is 871 g/mol. The molecule has 0 amide bonds. The lowest BCUT2D eigenvalue weighted by molar-refractivity contribution is -0.167. The van der Waals surface area contributed by atoms with Gasteiger partial charge in [0.2, 0.25) is 0 Å². The second kappa shape index (κ2) is 51.3. The molecule has 62 heavy (non-hydrogen) atoms. The number of unbranched alkanes of at least 4 members (excludes halogenated alkanes) is 33. The molecule has 0 aromatic rings. The number of hydrogen-bond acceptors (Lipinski definition) is 6. The van der Waals surface area contributed by atoms with Gasteiger partial charge in [-0.15, -0.1) is 0 Å². The van der Waals surface area contributed by atoms with Gasteiger partial charge < -0.3 is 14.2 Å². The molecule has 0 saturated heterocycles. The fourth-order valence-corrected chi connectivity index (χ4v) is 7.77. The maximum Gasteiger partial charge on any atom is 0.306 e. The van der Waals surface area contributed by atoms with Crippen LogP contribution in [-0.4, -0.2) is 37.2 Å². The molecule has 1 unspecified atom stereocenters. The van der Waals surface area contributed by atoms with E-state index >= 15 is 0 Å². The van der Waals surface area contributed by atoms with Crippen LogP contribution in [0.3, 0.4) is 0 Å². The monoisotopic (exact) mass is 871 g/mol. The minimum atomic E-state index is -0.783. The molecule has 0 aromatic heterocycles. The van der Waals surface area contributed by atoms with E-state index in [1.165, 1.54) is 161 Å². The minimum Gasteiger partial charge on any atom is -0.462 e. The molecule has 0 radical (unpaired) electrons. The van der Waals surface area contributed by atoms with Crippen molar-refractivity contribution in [2.45, 2.75) is 290 Å².